The minimum atomic E-state index is -5.26. The van der Waals surface area contributed by atoms with Crippen molar-refractivity contribution in [3.05, 3.63) is 101 Å². The number of fused-ring (bicyclic) bond motifs is 1. The molecule has 2 aromatic rings. The smallest absolute Gasteiger partial charge is 0.383 e. The summed E-state index contributed by atoms with van der Waals surface area (Å²) in [7, 11) is -1.55. The van der Waals surface area contributed by atoms with E-state index >= 15 is 0 Å². The van der Waals surface area contributed by atoms with E-state index in [9.17, 15) is 36.0 Å². The van der Waals surface area contributed by atoms with Crippen molar-refractivity contribution in [3.8, 4) is 11.1 Å². The number of alkyl halides is 3. The molecule has 0 unspecified atom stereocenters. The Hall–Kier alpha value is -4.91. The van der Waals surface area contributed by atoms with E-state index in [0.29, 0.717) is 23.9 Å². The molecule has 0 bridgehead atoms. The van der Waals surface area contributed by atoms with Gasteiger partial charge in [0.2, 0.25) is 0 Å². The van der Waals surface area contributed by atoms with Gasteiger partial charge in [-0.05, 0) is 61.0 Å². The molecule has 44 heavy (non-hydrogen) atoms. The molecule has 0 aromatic heterocycles. The largest absolute Gasteiger partial charge is 0.454 e. The standard InChI is InChI=1S/C31H29F3N4O5S/c1-19-6-4-7-21(16-19)29(40)36-15-14-35-22-8-5-9-23(17-22)37-44(42,43)27-18-26(28(39)31(32,33)34)24-12-10-20(11-13-25(24)27)30(41)38(2)3/h4-13,16-18,35,37H,14-15H2,1-3H3,(H,36,40). The number of carbonyl (C=O) groups excluding carboxylic acids is 3. The quantitative estimate of drug-likeness (QED) is 0.164. The van der Waals surface area contributed by atoms with Crippen LogP contribution in [0.25, 0.3) is 11.1 Å². The molecule has 0 saturated heterocycles. The number of Topliss-reactive ketones (excluding diaryl/α,β-unsaturated/α-hetero) is 1. The topological polar surface area (TPSA) is 125 Å². The number of halogens is 3. The normalized spacial score (nSPS) is 11.6. The molecule has 4 rings (SSSR count). The number of sulfonamides is 1. The lowest BCUT2D eigenvalue weighted by atomic mass is 10.1. The predicted octanol–water partition coefficient (Wildman–Crippen LogP) is 5.19. The van der Waals surface area contributed by atoms with E-state index in [4.69, 9.17) is 0 Å². The molecule has 2 aliphatic carbocycles. The van der Waals surface area contributed by atoms with Gasteiger partial charge in [0, 0.05) is 55.1 Å². The van der Waals surface area contributed by atoms with Crippen molar-refractivity contribution in [3.63, 3.8) is 0 Å². The molecule has 9 nitrogen and oxygen atoms in total. The third-order valence-corrected chi connectivity index (χ3v) is 7.98. The highest BCUT2D eigenvalue weighted by molar-refractivity contribution is 7.92. The summed E-state index contributed by atoms with van der Waals surface area (Å²) in [5.74, 6) is -2.92. The number of aryl methyl sites for hydroxylation is 1. The number of nitrogens with one attached hydrogen (secondary N) is 3. The van der Waals surface area contributed by atoms with Gasteiger partial charge in [0.25, 0.3) is 27.6 Å². The average Bonchev–Trinajstić information content (AvgIpc) is 3.19. The maximum atomic E-state index is 13.5. The van der Waals surface area contributed by atoms with Crippen LogP contribution in [0, 0.1) is 6.92 Å². The van der Waals surface area contributed by atoms with Crippen LogP contribution < -0.4 is 15.4 Å². The number of hydrogen-bond donors (Lipinski definition) is 3. The fraction of sp³-hybridized carbons (Fsp3) is 0.194. The molecule has 0 spiro atoms. The second kappa shape index (κ2) is 12.8. The Morgan fingerprint density at radius 1 is 0.795 bits per heavy atom. The van der Waals surface area contributed by atoms with Crippen LogP contribution in [0.1, 0.15) is 36.6 Å². The van der Waals surface area contributed by atoms with Gasteiger partial charge in [0.1, 0.15) is 0 Å². The fourth-order valence-electron chi connectivity index (χ4n) is 4.46. The van der Waals surface area contributed by atoms with Gasteiger partial charge in [-0.25, -0.2) is 8.42 Å². The molecule has 3 N–H and O–H groups in total. The third-order valence-electron chi connectivity index (χ3n) is 6.56. The van der Waals surface area contributed by atoms with Crippen molar-refractivity contribution in [1.29, 1.82) is 0 Å². The molecular weight excluding hydrogens is 597 g/mol. The number of anilines is 2. The van der Waals surface area contributed by atoms with E-state index in [1.54, 1.807) is 30.3 Å². The molecule has 2 amide bonds. The minimum absolute atomic E-state index is 0.0850. The molecule has 0 radical (unpaired) electrons. The van der Waals surface area contributed by atoms with Gasteiger partial charge >= 0.3 is 6.18 Å². The fourth-order valence-corrected chi connectivity index (χ4v) is 5.74. The molecule has 0 atom stereocenters. The Morgan fingerprint density at radius 2 is 1.45 bits per heavy atom. The number of nitrogens with zero attached hydrogens (tertiary/aromatic N) is 1. The molecule has 0 heterocycles. The molecule has 2 aromatic carbocycles. The zero-order chi connectivity index (χ0) is 32.2. The van der Waals surface area contributed by atoms with Gasteiger partial charge in [-0.2, -0.15) is 13.2 Å². The zero-order valence-electron chi connectivity index (χ0n) is 24.0. The second-order valence-electron chi connectivity index (χ2n) is 10.1. The van der Waals surface area contributed by atoms with E-state index in [2.05, 4.69) is 15.4 Å². The van der Waals surface area contributed by atoms with E-state index in [0.717, 1.165) is 11.6 Å². The maximum absolute atomic E-state index is 13.5. The summed E-state index contributed by atoms with van der Waals surface area (Å²) >= 11 is 0. The van der Waals surface area contributed by atoms with Crippen molar-refractivity contribution in [2.45, 2.75) is 18.0 Å². The summed E-state index contributed by atoms with van der Waals surface area (Å²) in [6, 6.07) is 18.8. The van der Waals surface area contributed by atoms with Gasteiger partial charge in [-0.15, -0.1) is 0 Å². The Balaban J connectivity index is 1.56. The van der Waals surface area contributed by atoms with E-state index < -0.39 is 38.3 Å². The van der Waals surface area contributed by atoms with Gasteiger partial charge < -0.3 is 15.5 Å². The van der Waals surface area contributed by atoms with Crippen molar-refractivity contribution in [1.82, 2.24) is 10.2 Å². The van der Waals surface area contributed by atoms with Gasteiger partial charge in [0.05, 0.1) is 10.6 Å². The van der Waals surface area contributed by atoms with E-state index in [1.807, 2.05) is 13.0 Å². The minimum Gasteiger partial charge on any atom is -0.383 e. The molecule has 2 aliphatic rings. The zero-order valence-corrected chi connectivity index (χ0v) is 24.8. The van der Waals surface area contributed by atoms with Crippen LogP contribution in [-0.2, 0) is 10.0 Å². The van der Waals surface area contributed by atoms with Crippen LogP contribution in [0.3, 0.4) is 0 Å². The van der Waals surface area contributed by atoms with Gasteiger partial charge in [0.15, 0.2) is 0 Å². The molecule has 230 valence electrons. The first-order valence-electron chi connectivity index (χ1n) is 13.3. The summed E-state index contributed by atoms with van der Waals surface area (Å²) in [6.45, 7) is 2.47. The number of ketones is 1. The predicted molar refractivity (Wildman–Crippen MR) is 161 cm³/mol. The van der Waals surface area contributed by atoms with Crippen LogP contribution in [0.15, 0.2) is 83.8 Å². The van der Waals surface area contributed by atoms with Crippen LogP contribution in [0.4, 0.5) is 24.5 Å². The number of rotatable bonds is 10. The highest BCUT2D eigenvalue weighted by atomic mass is 32.2. The van der Waals surface area contributed by atoms with Crippen LogP contribution in [0.2, 0.25) is 0 Å². The lowest BCUT2D eigenvalue weighted by Gasteiger charge is -2.12. The summed E-state index contributed by atoms with van der Waals surface area (Å²) in [6.07, 6.45) is -5.26. The lowest BCUT2D eigenvalue weighted by Crippen LogP contribution is -2.28. The average molecular weight is 627 g/mol. The summed E-state index contributed by atoms with van der Waals surface area (Å²) in [4.78, 5) is 37.7. The first-order chi connectivity index (χ1) is 20.7. The first kappa shape index (κ1) is 32.0. The van der Waals surface area contributed by atoms with Crippen LogP contribution in [0.5, 0.6) is 0 Å². The first-order valence-corrected chi connectivity index (χ1v) is 14.8. The van der Waals surface area contributed by atoms with Crippen LogP contribution >= 0.6 is 0 Å². The Morgan fingerprint density at radius 3 is 2.11 bits per heavy atom. The molecule has 0 fully saturated rings. The van der Waals surface area contributed by atoms with Crippen LogP contribution in [-0.4, -0.2) is 64.3 Å². The maximum Gasteiger partial charge on any atom is 0.454 e. The van der Waals surface area contributed by atoms with Crippen molar-refractivity contribution in [2.24, 2.45) is 0 Å². The highest BCUT2D eigenvalue weighted by Gasteiger charge is 2.42. The molecular formula is C31H29F3N4O5S. The highest BCUT2D eigenvalue weighted by Crippen LogP contribution is 2.39. The molecule has 13 heteroatoms. The number of amides is 2. The molecule has 0 saturated carbocycles. The van der Waals surface area contributed by atoms with E-state index in [1.165, 1.54) is 49.3 Å². The third kappa shape index (κ3) is 7.35. The SMILES string of the molecule is Cc1cccc(C(=O)NCCNc2cccc(NS(=O)(=O)c3cc(C(=O)C(F)(F)F)c4ccc(C(=O)N(C)C)ccc3-4)c2)c1. The Labute approximate surface area is 252 Å². The number of carbonyl (C=O) groups is 3. The molecule has 0 aliphatic heterocycles. The second-order valence-corrected chi connectivity index (χ2v) is 11.8. The number of benzene rings is 2. The summed E-state index contributed by atoms with van der Waals surface area (Å²) in [5, 5.41) is 5.85. The monoisotopic (exact) mass is 626 g/mol. The van der Waals surface area contributed by atoms with E-state index in [-0.39, 0.29) is 34.8 Å². The lowest BCUT2D eigenvalue weighted by molar-refractivity contribution is -0.0884. The van der Waals surface area contributed by atoms with Crippen molar-refractivity contribution in [2.75, 3.05) is 37.2 Å². The van der Waals surface area contributed by atoms with Gasteiger partial charge in [-0.1, -0.05) is 35.9 Å². The van der Waals surface area contributed by atoms with Gasteiger partial charge in [-0.3, -0.25) is 19.1 Å². The number of hydrogen-bond acceptors (Lipinski definition) is 6. The Kier molecular flexibility index (Phi) is 9.28. The summed E-state index contributed by atoms with van der Waals surface area (Å²) < 4.78 is 69.6. The summed E-state index contributed by atoms with van der Waals surface area (Å²) in [5.41, 5.74) is 0.878. The van der Waals surface area contributed by atoms with Crippen molar-refractivity contribution < 1.29 is 36.0 Å². The van der Waals surface area contributed by atoms with Crippen molar-refractivity contribution >= 4 is 39.0 Å². The Bertz CT molecular complexity index is 1810.